The Labute approximate surface area is 147 Å². The molecule has 1 amide bonds. The van der Waals surface area contributed by atoms with E-state index in [1.807, 2.05) is 73.7 Å². The fraction of sp³-hybridized carbons (Fsp3) is 0.136. The summed E-state index contributed by atoms with van der Waals surface area (Å²) in [4.78, 5) is 13.1. The molecule has 0 bridgehead atoms. The third-order valence-electron chi connectivity index (χ3n) is 5.00. The van der Waals surface area contributed by atoms with E-state index in [4.69, 9.17) is 0 Å². The third-order valence-corrected chi connectivity index (χ3v) is 5.00. The Balaban J connectivity index is 1.89. The van der Waals surface area contributed by atoms with Gasteiger partial charge in [0.15, 0.2) is 0 Å². The SMILES string of the molecule is CC1C(=O)N(c2ccccc2)NC1(c1ccccc1)c1ccccc1. The highest BCUT2D eigenvalue weighted by Gasteiger charge is 2.52. The second-order valence-electron chi connectivity index (χ2n) is 6.38. The second-order valence-corrected chi connectivity index (χ2v) is 6.38. The third kappa shape index (κ3) is 2.44. The summed E-state index contributed by atoms with van der Waals surface area (Å²) in [5.41, 5.74) is 5.97. The van der Waals surface area contributed by atoms with Crippen molar-refractivity contribution in [2.45, 2.75) is 12.5 Å². The number of para-hydroxylation sites is 1. The van der Waals surface area contributed by atoms with Crippen molar-refractivity contribution in [3.8, 4) is 0 Å². The largest absolute Gasteiger partial charge is 0.273 e. The van der Waals surface area contributed by atoms with E-state index in [0.717, 1.165) is 16.8 Å². The number of carbonyl (C=O) groups is 1. The van der Waals surface area contributed by atoms with Gasteiger partial charge in [-0.05, 0) is 23.3 Å². The zero-order valence-electron chi connectivity index (χ0n) is 14.1. The summed E-state index contributed by atoms with van der Waals surface area (Å²) in [5.74, 6) is -0.170. The van der Waals surface area contributed by atoms with Crippen molar-refractivity contribution in [2.24, 2.45) is 5.92 Å². The quantitative estimate of drug-likeness (QED) is 0.784. The number of benzene rings is 3. The van der Waals surface area contributed by atoms with Crippen molar-refractivity contribution in [3.05, 3.63) is 102 Å². The summed E-state index contributed by atoms with van der Waals surface area (Å²) in [7, 11) is 0. The molecule has 3 heteroatoms. The lowest BCUT2D eigenvalue weighted by molar-refractivity contribution is -0.120. The number of carbonyl (C=O) groups excluding carboxylic acids is 1. The standard InChI is InChI=1S/C22H20N2O/c1-17-21(25)24(20-15-9-4-10-16-20)23-22(17,18-11-5-2-6-12-18)19-13-7-3-8-14-19/h2-17,23H,1H3. The van der Waals surface area contributed by atoms with Gasteiger partial charge in [-0.1, -0.05) is 85.8 Å². The summed E-state index contributed by atoms with van der Waals surface area (Å²) in [6, 6.07) is 30.1. The minimum Gasteiger partial charge on any atom is -0.273 e. The molecule has 0 saturated carbocycles. The van der Waals surface area contributed by atoms with Crippen molar-refractivity contribution < 1.29 is 4.79 Å². The van der Waals surface area contributed by atoms with Crippen LogP contribution in [0.3, 0.4) is 0 Å². The Bertz CT molecular complexity index is 823. The van der Waals surface area contributed by atoms with E-state index in [-0.39, 0.29) is 11.8 Å². The predicted molar refractivity (Wildman–Crippen MR) is 99.9 cm³/mol. The molecule has 1 aliphatic heterocycles. The zero-order chi connectivity index (χ0) is 17.3. The number of amides is 1. The summed E-state index contributed by atoms with van der Waals surface area (Å²) in [6.07, 6.45) is 0. The molecule has 1 fully saturated rings. The first-order valence-corrected chi connectivity index (χ1v) is 8.51. The van der Waals surface area contributed by atoms with Crippen LogP contribution in [-0.2, 0) is 10.3 Å². The molecule has 1 saturated heterocycles. The first kappa shape index (κ1) is 15.6. The molecule has 1 atom stereocenters. The predicted octanol–water partition coefficient (Wildman–Crippen LogP) is 4.12. The van der Waals surface area contributed by atoms with Gasteiger partial charge in [0.05, 0.1) is 17.1 Å². The van der Waals surface area contributed by atoms with Crippen LogP contribution in [0.2, 0.25) is 0 Å². The number of hydrogen-bond donors (Lipinski definition) is 1. The van der Waals surface area contributed by atoms with Gasteiger partial charge < -0.3 is 0 Å². The molecule has 25 heavy (non-hydrogen) atoms. The number of hydrogen-bond acceptors (Lipinski definition) is 2. The molecule has 124 valence electrons. The summed E-state index contributed by atoms with van der Waals surface area (Å²) in [5, 5.41) is 1.69. The molecule has 1 heterocycles. The van der Waals surface area contributed by atoms with Crippen LogP contribution >= 0.6 is 0 Å². The second kappa shape index (κ2) is 6.19. The Morgan fingerprint density at radius 3 is 1.68 bits per heavy atom. The molecule has 3 aromatic carbocycles. The van der Waals surface area contributed by atoms with Crippen molar-refractivity contribution in [1.82, 2.24) is 5.43 Å². The molecular weight excluding hydrogens is 308 g/mol. The van der Waals surface area contributed by atoms with Gasteiger partial charge in [-0.2, -0.15) is 0 Å². The lowest BCUT2D eigenvalue weighted by atomic mass is 9.75. The monoisotopic (exact) mass is 328 g/mol. The molecule has 0 aromatic heterocycles. The fourth-order valence-corrected chi connectivity index (χ4v) is 3.67. The average molecular weight is 328 g/mol. The maximum Gasteiger partial charge on any atom is 0.246 e. The molecule has 0 aliphatic carbocycles. The molecule has 3 nitrogen and oxygen atoms in total. The highest BCUT2D eigenvalue weighted by atomic mass is 16.2. The minimum atomic E-state index is -0.588. The van der Waals surface area contributed by atoms with E-state index in [9.17, 15) is 4.79 Å². The maximum atomic E-state index is 13.1. The highest BCUT2D eigenvalue weighted by molar-refractivity contribution is 5.98. The van der Waals surface area contributed by atoms with Crippen molar-refractivity contribution in [3.63, 3.8) is 0 Å². The van der Waals surface area contributed by atoms with E-state index in [2.05, 4.69) is 29.7 Å². The van der Waals surface area contributed by atoms with Gasteiger partial charge in [0.25, 0.3) is 0 Å². The van der Waals surface area contributed by atoms with Crippen LogP contribution in [0, 0.1) is 5.92 Å². The lowest BCUT2D eigenvalue weighted by Crippen LogP contribution is -2.46. The van der Waals surface area contributed by atoms with Gasteiger partial charge in [-0.15, -0.1) is 0 Å². The average Bonchev–Trinajstić information content (AvgIpc) is 2.96. The Hall–Kier alpha value is -2.91. The first-order chi connectivity index (χ1) is 12.2. The van der Waals surface area contributed by atoms with Gasteiger partial charge in [-0.3, -0.25) is 4.79 Å². The van der Waals surface area contributed by atoms with Gasteiger partial charge in [0.1, 0.15) is 0 Å². The lowest BCUT2D eigenvalue weighted by Gasteiger charge is -2.34. The van der Waals surface area contributed by atoms with Crippen LogP contribution in [0.25, 0.3) is 0 Å². The van der Waals surface area contributed by atoms with Gasteiger partial charge in [-0.25, -0.2) is 10.4 Å². The van der Waals surface area contributed by atoms with E-state index < -0.39 is 5.54 Å². The van der Waals surface area contributed by atoms with Crippen molar-refractivity contribution in [1.29, 1.82) is 0 Å². The normalized spacial score (nSPS) is 19.2. The molecule has 0 spiro atoms. The van der Waals surface area contributed by atoms with E-state index in [1.54, 1.807) is 5.01 Å². The summed E-state index contributed by atoms with van der Waals surface area (Å²) >= 11 is 0. The minimum absolute atomic E-state index is 0.0684. The molecule has 1 N–H and O–H groups in total. The smallest absolute Gasteiger partial charge is 0.246 e. The van der Waals surface area contributed by atoms with Crippen LogP contribution in [0.5, 0.6) is 0 Å². The molecular formula is C22H20N2O. The first-order valence-electron chi connectivity index (χ1n) is 8.51. The van der Waals surface area contributed by atoms with Crippen LogP contribution in [-0.4, -0.2) is 5.91 Å². The zero-order valence-corrected chi connectivity index (χ0v) is 14.1. The van der Waals surface area contributed by atoms with E-state index in [1.165, 1.54) is 0 Å². The summed E-state index contributed by atoms with van der Waals surface area (Å²) < 4.78 is 0. The van der Waals surface area contributed by atoms with Gasteiger partial charge in [0, 0.05) is 0 Å². The Kier molecular flexibility index (Phi) is 3.86. The molecule has 1 aliphatic rings. The van der Waals surface area contributed by atoms with Crippen LogP contribution in [0.15, 0.2) is 91.0 Å². The van der Waals surface area contributed by atoms with E-state index in [0.29, 0.717) is 0 Å². The van der Waals surface area contributed by atoms with Crippen LogP contribution < -0.4 is 10.4 Å². The van der Waals surface area contributed by atoms with Crippen LogP contribution in [0.4, 0.5) is 5.69 Å². The molecule has 3 aromatic rings. The summed E-state index contributed by atoms with van der Waals surface area (Å²) in [6.45, 7) is 2.00. The number of nitrogens with zero attached hydrogens (tertiary/aromatic N) is 1. The van der Waals surface area contributed by atoms with Gasteiger partial charge >= 0.3 is 0 Å². The van der Waals surface area contributed by atoms with Crippen molar-refractivity contribution in [2.75, 3.05) is 5.01 Å². The number of anilines is 1. The van der Waals surface area contributed by atoms with Gasteiger partial charge in [0.2, 0.25) is 5.91 Å². The molecule has 0 radical (unpaired) electrons. The Morgan fingerprint density at radius 2 is 1.20 bits per heavy atom. The number of nitrogens with one attached hydrogen (secondary N) is 1. The van der Waals surface area contributed by atoms with Crippen LogP contribution in [0.1, 0.15) is 18.1 Å². The number of hydrazine groups is 1. The fourth-order valence-electron chi connectivity index (χ4n) is 3.67. The van der Waals surface area contributed by atoms with E-state index >= 15 is 0 Å². The molecule has 1 unspecified atom stereocenters. The molecule has 4 rings (SSSR count). The Morgan fingerprint density at radius 1 is 0.760 bits per heavy atom. The topological polar surface area (TPSA) is 32.3 Å². The van der Waals surface area contributed by atoms with Crippen molar-refractivity contribution >= 4 is 11.6 Å². The highest BCUT2D eigenvalue weighted by Crippen LogP contribution is 2.43. The maximum absolute atomic E-state index is 13.1. The number of rotatable bonds is 3.